The molecule has 1 aromatic rings. The highest BCUT2D eigenvalue weighted by atomic mass is 32.2. The molecule has 1 unspecified atom stereocenters. The van der Waals surface area contributed by atoms with Gasteiger partial charge in [0, 0.05) is 12.6 Å². The van der Waals surface area contributed by atoms with E-state index in [1.807, 2.05) is 26.8 Å². The van der Waals surface area contributed by atoms with Gasteiger partial charge in [0.05, 0.1) is 22.9 Å². The number of likely N-dealkylation sites (N-methyl/N-ethyl adjacent to an activating group) is 1. The fourth-order valence-corrected chi connectivity index (χ4v) is 6.52. The van der Waals surface area contributed by atoms with Crippen molar-refractivity contribution >= 4 is 25.8 Å². The van der Waals surface area contributed by atoms with Crippen LogP contribution in [-0.2, 0) is 30.1 Å². The number of benzene rings is 1. The average Bonchev–Trinajstić information content (AvgIpc) is 2.90. The Balaban J connectivity index is 2.22. The van der Waals surface area contributed by atoms with Gasteiger partial charge in [-0.1, -0.05) is 39.8 Å². The van der Waals surface area contributed by atoms with Gasteiger partial charge in [0.25, 0.3) is 0 Å². The van der Waals surface area contributed by atoms with E-state index in [-0.39, 0.29) is 34.9 Å². The van der Waals surface area contributed by atoms with Crippen molar-refractivity contribution in [1.82, 2.24) is 9.62 Å². The van der Waals surface area contributed by atoms with Crippen LogP contribution < -0.4 is 5.32 Å². The molecular weight excluding hydrogens is 400 g/mol. The third-order valence-electron chi connectivity index (χ3n) is 4.94. The van der Waals surface area contributed by atoms with Gasteiger partial charge < -0.3 is 5.32 Å². The molecule has 1 N–H and O–H groups in total. The van der Waals surface area contributed by atoms with E-state index in [4.69, 9.17) is 0 Å². The van der Waals surface area contributed by atoms with Crippen molar-refractivity contribution in [2.75, 3.05) is 24.6 Å². The van der Waals surface area contributed by atoms with Crippen LogP contribution >= 0.6 is 0 Å². The van der Waals surface area contributed by atoms with E-state index in [0.29, 0.717) is 12.0 Å². The molecule has 1 aromatic carbocycles. The van der Waals surface area contributed by atoms with Crippen molar-refractivity contribution in [2.45, 2.75) is 57.4 Å². The zero-order valence-corrected chi connectivity index (χ0v) is 18.8. The summed E-state index contributed by atoms with van der Waals surface area (Å²) in [5.74, 6) is -0.534. The zero-order valence-electron chi connectivity index (χ0n) is 17.1. The lowest BCUT2D eigenvalue weighted by molar-refractivity contribution is -0.121. The van der Waals surface area contributed by atoms with E-state index < -0.39 is 31.8 Å². The molecule has 1 heterocycles. The molecule has 1 fully saturated rings. The van der Waals surface area contributed by atoms with Crippen molar-refractivity contribution in [1.29, 1.82) is 0 Å². The molecule has 1 aliphatic heterocycles. The predicted molar refractivity (Wildman–Crippen MR) is 110 cm³/mol. The van der Waals surface area contributed by atoms with Crippen molar-refractivity contribution in [3.05, 3.63) is 29.3 Å². The number of carbonyl (C=O) groups excluding carboxylic acids is 1. The minimum absolute atomic E-state index is 0.0481. The summed E-state index contributed by atoms with van der Waals surface area (Å²) in [7, 11) is -6.98. The molecule has 28 heavy (non-hydrogen) atoms. The van der Waals surface area contributed by atoms with E-state index in [2.05, 4.69) is 5.32 Å². The second-order valence-electron chi connectivity index (χ2n) is 8.33. The van der Waals surface area contributed by atoms with Gasteiger partial charge in [0.1, 0.15) is 0 Å². The number of sulfone groups is 1. The third kappa shape index (κ3) is 5.33. The van der Waals surface area contributed by atoms with Crippen LogP contribution in [0.4, 0.5) is 0 Å². The minimum atomic E-state index is -3.86. The van der Waals surface area contributed by atoms with Crippen molar-refractivity contribution in [3.8, 4) is 0 Å². The van der Waals surface area contributed by atoms with E-state index in [9.17, 15) is 21.6 Å². The van der Waals surface area contributed by atoms with Crippen molar-refractivity contribution in [3.63, 3.8) is 0 Å². The summed E-state index contributed by atoms with van der Waals surface area (Å²) in [6.07, 6.45) is 0.361. The van der Waals surface area contributed by atoms with Crippen LogP contribution in [0.15, 0.2) is 23.1 Å². The first-order valence-corrected chi connectivity index (χ1v) is 12.6. The van der Waals surface area contributed by atoms with Crippen LogP contribution in [0.1, 0.15) is 45.2 Å². The van der Waals surface area contributed by atoms with Gasteiger partial charge in [0.15, 0.2) is 9.84 Å². The van der Waals surface area contributed by atoms with E-state index >= 15 is 0 Å². The summed E-state index contributed by atoms with van der Waals surface area (Å²) in [5.41, 5.74) is 1.31. The Bertz CT molecular complexity index is 947. The van der Waals surface area contributed by atoms with Crippen LogP contribution in [0.5, 0.6) is 0 Å². The molecule has 1 aliphatic rings. The molecule has 9 heteroatoms. The lowest BCUT2D eigenvalue weighted by atomic mass is 9.87. The average molecular weight is 431 g/mol. The Morgan fingerprint density at radius 1 is 1.29 bits per heavy atom. The lowest BCUT2D eigenvalue weighted by Gasteiger charge is -2.24. The molecule has 2 rings (SSSR count). The van der Waals surface area contributed by atoms with Gasteiger partial charge in [-0.2, -0.15) is 4.31 Å². The first kappa shape index (κ1) is 22.8. The minimum Gasteiger partial charge on any atom is -0.351 e. The Labute approximate surface area is 168 Å². The number of carbonyl (C=O) groups is 1. The molecule has 0 saturated carbocycles. The first-order chi connectivity index (χ1) is 12.8. The van der Waals surface area contributed by atoms with E-state index in [1.165, 1.54) is 0 Å². The van der Waals surface area contributed by atoms with E-state index in [1.54, 1.807) is 26.0 Å². The van der Waals surface area contributed by atoms with Crippen LogP contribution in [0.3, 0.4) is 0 Å². The van der Waals surface area contributed by atoms with Crippen LogP contribution in [0.25, 0.3) is 0 Å². The number of rotatable bonds is 6. The van der Waals surface area contributed by atoms with Crippen molar-refractivity contribution < 1.29 is 21.6 Å². The van der Waals surface area contributed by atoms with Gasteiger partial charge in [-0.05, 0) is 36.0 Å². The number of sulfonamides is 1. The van der Waals surface area contributed by atoms with Crippen molar-refractivity contribution in [2.24, 2.45) is 0 Å². The topological polar surface area (TPSA) is 101 Å². The summed E-state index contributed by atoms with van der Waals surface area (Å²) < 4.78 is 50.6. The van der Waals surface area contributed by atoms with Crippen LogP contribution in [-0.4, -0.2) is 57.7 Å². The highest BCUT2D eigenvalue weighted by molar-refractivity contribution is 7.91. The molecule has 1 saturated heterocycles. The molecule has 0 radical (unpaired) electrons. The first-order valence-electron chi connectivity index (χ1n) is 9.37. The Kier molecular flexibility index (Phi) is 6.62. The number of nitrogens with one attached hydrogen (secondary N) is 1. The maximum Gasteiger partial charge on any atom is 0.243 e. The lowest BCUT2D eigenvalue weighted by Crippen LogP contribution is -2.44. The molecule has 0 aliphatic carbocycles. The summed E-state index contributed by atoms with van der Waals surface area (Å²) >= 11 is 0. The summed E-state index contributed by atoms with van der Waals surface area (Å²) in [4.78, 5) is 12.5. The Hall–Kier alpha value is -1.45. The zero-order chi connectivity index (χ0) is 21.3. The normalized spacial score (nSPS) is 19.7. The monoisotopic (exact) mass is 430 g/mol. The Morgan fingerprint density at radius 2 is 1.93 bits per heavy atom. The number of hydrogen-bond donors (Lipinski definition) is 1. The summed E-state index contributed by atoms with van der Waals surface area (Å²) in [6.45, 7) is 9.23. The van der Waals surface area contributed by atoms with Gasteiger partial charge in [-0.3, -0.25) is 4.79 Å². The molecule has 1 atom stereocenters. The van der Waals surface area contributed by atoms with Crippen LogP contribution in [0, 0.1) is 6.92 Å². The molecular formula is C19H30N2O5S2. The predicted octanol–water partition coefficient (Wildman–Crippen LogP) is 1.61. The third-order valence-corrected chi connectivity index (χ3v) is 8.77. The fourth-order valence-electron chi connectivity index (χ4n) is 3.19. The molecule has 0 aromatic heterocycles. The largest absolute Gasteiger partial charge is 0.351 e. The molecule has 158 valence electrons. The van der Waals surface area contributed by atoms with Gasteiger partial charge >= 0.3 is 0 Å². The second-order valence-corrected chi connectivity index (χ2v) is 12.5. The summed E-state index contributed by atoms with van der Waals surface area (Å²) in [5, 5.41) is 2.65. The highest BCUT2D eigenvalue weighted by Crippen LogP contribution is 2.28. The Morgan fingerprint density at radius 3 is 2.43 bits per heavy atom. The maximum atomic E-state index is 13.2. The van der Waals surface area contributed by atoms with Gasteiger partial charge in [0.2, 0.25) is 15.9 Å². The molecule has 0 spiro atoms. The number of hydrogen-bond acceptors (Lipinski definition) is 5. The molecule has 0 bridgehead atoms. The molecule has 1 amide bonds. The fraction of sp³-hybridized carbons (Fsp3) is 0.632. The summed E-state index contributed by atoms with van der Waals surface area (Å²) in [6, 6.07) is 4.92. The standard InChI is InChI=1S/C19H30N2O5S2/c1-6-21(12-18(22)20-16-9-10-27(23,24)13-16)28(25,26)17-11-15(19(3,4)5)8-7-14(17)2/h7-8,11,16H,6,9-10,12-13H2,1-5H3,(H,20,22). The smallest absolute Gasteiger partial charge is 0.243 e. The number of aryl methyl sites for hydroxylation is 1. The quantitative estimate of drug-likeness (QED) is 0.739. The van der Waals surface area contributed by atoms with Crippen LogP contribution in [0.2, 0.25) is 0 Å². The van der Waals surface area contributed by atoms with Gasteiger partial charge in [-0.15, -0.1) is 0 Å². The molecule has 7 nitrogen and oxygen atoms in total. The van der Waals surface area contributed by atoms with E-state index in [0.717, 1.165) is 9.87 Å². The SMILES string of the molecule is CCN(CC(=O)NC1CCS(=O)(=O)C1)S(=O)(=O)c1cc(C(C)(C)C)ccc1C. The van der Waals surface area contributed by atoms with Gasteiger partial charge in [-0.25, -0.2) is 16.8 Å². The number of amides is 1. The number of nitrogens with zero attached hydrogens (tertiary/aromatic N) is 1. The highest BCUT2D eigenvalue weighted by Gasteiger charge is 2.32. The second kappa shape index (κ2) is 8.12. The maximum absolute atomic E-state index is 13.2.